The average molecular weight is 250 g/mol. The van der Waals surface area contributed by atoms with Gasteiger partial charge in [0.15, 0.2) is 0 Å². The predicted molar refractivity (Wildman–Crippen MR) is 76.7 cm³/mol. The Bertz CT molecular complexity index is 262. The largest absolute Gasteiger partial charge is 0.314 e. The van der Waals surface area contributed by atoms with Crippen molar-refractivity contribution in [3.8, 4) is 0 Å². The highest BCUT2D eigenvalue weighted by Crippen LogP contribution is 2.43. The standard InChI is InChI=1S/C16H30N2/c1-18-11-3-4-13(12-18)9-10-17-16-8-7-15(16)14-5-2-6-14/h13-17H,2-12H2,1H3. The number of piperidine rings is 1. The van der Waals surface area contributed by atoms with Crippen LogP contribution in [0.3, 0.4) is 0 Å². The second-order valence-electron chi connectivity index (χ2n) is 7.05. The molecule has 3 aliphatic rings. The molecule has 2 aliphatic carbocycles. The molecule has 0 amide bonds. The van der Waals surface area contributed by atoms with E-state index in [2.05, 4.69) is 17.3 Å². The third-order valence-corrected chi connectivity index (χ3v) is 5.76. The number of rotatable bonds is 5. The lowest BCUT2D eigenvalue weighted by Crippen LogP contribution is -2.49. The Kier molecular flexibility index (Phi) is 4.25. The molecule has 0 aromatic heterocycles. The van der Waals surface area contributed by atoms with Gasteiger partial charge < -0.3 is 10.2 Å². The van der Waals surface area contributed by atoms with E-state index in [9.17, 15) is 0 Å². The van der Waals surface area contributed by atoms with Crippen molar-refractivity contribution in [2.24, 2.45) is 17.8 Å². The van der Waals surface area contributed by atoms with E-state index in [0.717, 1.165) is 23.8 Å². The highest BCUT2D eigenvalue weighted by atomic mass is 15.1. The van der Waals surface area contributed by atoms with E-state index in [0.29, 0.717) is 0 Å². The maximum atomic E-state index is 3.86. The van der Waals surface area contributed by atoms with Gasteiger partial charge >= 0.3 is 0 Å². The minimum Gasteiger partial charge on any atom is -0.314 e. The van der Waals surface area contributed by atoms with Crippen LogP contribution in [0.1, 0.15) is 51.4 Å². The van der Waals surface area contributed by atoms with Gasteiger partial charge in [-0.15, -0.1) is 0 Å². The van der Waals surface area contributed by atoms with Crippen LogP contribution in [0.15, 0.2) is 0 Å². The highest BCUT2D eigenvalue weighted by molar-refractivity contribution is 4.93. The lowest BCUT2D eigenvalue weighted by atomic mass is 9.64. The first-order valence-electron chi connectivity index (χ1n) is 8.25. The Balaban J connectivity index is 1.32. The van der Waals surface area contributed by atoms with Crippen molar-refractivity contribution in [3.63, 3.8) is 0 Å². The van der Waals surface area contributed by atoms with Crippen LogP contribution in [-0.4, -0.2) is 37.6 Å². The summed E-state index contributed by atoms with van der Waals surface area (Å²) in [6.45, 7) is 3.92. The molecule has 3 fully saturated rings. The van der Waals surface area contributed by atoms with Gasteiger partial charge in [-0.05, 0) is 70.0 Å². The van der Waals surface area contributed by atoms with Gasteiger partial charge in [-0.25, -0.2) is 0 Å². The SMILES string of the molecule is CN1CCCC(CCNC2CCC2C2CCC2)C1. The van der Waals surface area contributed by atoms with E-state index in [1.807, 2.05) is 0 Å². The number of hydrogen-bond acceptors (Lipinski definition) is 2. The van der Waals surface area contributed by atoms with Gasteiger partial charge in [0.05, 0.1) is 0 Å². The fourth-order valence-electron chi connectivity index (χ4n) is 4.19. The van der Waals surface area contributed by atoms with Gasteiger partial charge in [-0.3, -0.25) is 0 Å². The van der Waals surface area contributed by atoms with E-state index in [4.69, 9.17) is 0 Å². The molecule has 104 valence electrons. The summed E-state index contributed by atoms with van der Waals surface area (Å²) in [6, 6.07) is 0.886. The Labute approximate surface area is 113 Å². The average Bonchev–Trinajstić information content (AvgIpc) is 2.28. The van der Waals surface area contributed by atoms with E-state index in [1.54, 1.807) is 0 Å². The molecule has 1 aliphatic heterocycles. The quantitative estimate of drug-likeness (QED) is 0.807. The van der Waals surface area contributed by atoms with Gasteiger partial charge in [0.2, 0.25) is 0 Å². The summed E-state index contributed by atoms with van der Waals surface area (Å²) in [7, 11) is 2.28. The van der Waals surface area contributed by atoms with Crippen LogP contribution in [0.2, 0.25) is 0 Å². The summed E-state index contributed by atoms with van der Waals surface area (Å²) in [5, 5.41) is 3.86. The molecule has 3 unspecified atom stereocenters. The maximum absolute atomic E-state index is 3.86. The molecule has 0 aromatic carbocycles. The van der Waals surface area contributed by atoms with Crippen molar-refractivity contribution in [3.05, 3.63) is 0 Å². The lowest BCUT2D eigenvalue weighted by molar-refractivity contribution is 0.0804. The summed E-state index contributed by atoms with van der Waals surface area (Å²) in [5.41, 5.74) is 0. The zero-order valence-corrected chi connectivity index (χ0v) is 12.0. The van der Waals surface area contributed by atoms with Crippen LogP contribution in [0, 0.1) is 17.8 Å². The molecule has 0 aromatic rings. The minimum atomic E-state index is 0.886. The normalized spacial score (nSPS) is 38.2. The van der Waals surface area contributed by atoms with E-state index in [1.165, 1.54) is 71.0 Å². The Morgan fingerprint density at radius 3 is 2.56 bits per heavy atom. The van der Waals surface area contributed by atoms with Crippen LogP contribution in [0.25, 0.3) is 0 Å². The fourth-order valence-corrected chi connectivity index (χ4v) is 4.19. The van der Waals surface area contributed by atoms with Crippen molar-refractivity contribution in [2.45, 2.75) is 57.4 Å². The third kappa shape index (κ3) is 2.91. The summed E-state index contributed by atoms with van der Waals surface area (Å²) in [4.78, 5) is 2.51. The molecular weight excluding hydrogens is 220 g/mol. The molecule has 0 radical (unpaired) electrons. The van der Waals surface area contributed by atoms with Crippen molar-refractivity contribution in [1.82, 2.24) is 10.2 Å². The number of nitrogens with zero attached hydrogens (tertiary/aromatic N) is 1. The van der Waals surface area contributed by atoms with Crippen LogP contribution >= 0.6 is 0 Å². The van der Waals surface area contributed by atoms with E-state index in [-0.39, 0.29) is 0 Å². The predicted octanol–water partition coefficient (Wildman–Crippen LogP) is 2.89. The molecule has 1 heterocycles. The minimum absolute atomic E-state index is 0.886. The van der Waals surface area contributed by atoms with Crippen molar-refractivity contribution >= 4 is 0 Å². The van der Waals surface area contributed by atoms with Crippen LogP contribution < -0.4 is 5.32 Å². The molecule has 0 spiro atoms. The molecular formula is C16H30N2. The Hall–Kier alpha value is -0.0800. The van der Waals surface area contributed by atoms with Gasteiger partial charge in [-0.1, -0.05) is 19.3 Å². The smallest absolute Gasteiger partial charge is 0.00980 e. The topological polar surface area (TPSA) is 15.3 Å². The zero-order chi connectivity index (χ0) is 12.4. The second kappa shape index (κ2) is 5.92. The van der Waals surface area contributed by atoms with Gasteiger partial charge in [0.1, 0.15) is 0 Å². The first kappa shape index (κ1) is 12.9. The summed E-state index contributed by atoms with van der Waals surface area (Å²) < 4.78 is 0. The Morgan fingerprint density at radius 2 is 1.94 bits per heavy atom. The van der Waals surface area contributed by atoms with Gasteiger partial charge in [-0.2, -0.15) is 0 Å². The first-order chi connectivity index (χ1) is 8.83. The molecule has 2 saturated carbocycles. The van der Waals surface area contributed by atoms with Crippen LogP contribution in [-0.2, 0) is 0 Å². The number of likely N-dealkylation sites (tertiary alicyclic amines) is 1. The zero-order valence-electron chi connectivity index (χ0n) is 12.0. The monoisotopic (exact) mass is 250 g/mol. The summed E-state index contributed by atoms with van der Waals surface area (Å²) >= 11 is 0. The molecule has 18 heavy (non-hydrogen) atoms. The molecule has 1 N–H and O–H groups in total. The number of hydrogen-bond donors (Lipinski definition) is 1. The second-order valence-corrected chi connectivity index (χ2v) is 7.05. The molecule has 2 nitrogen and oxygen atoms in total. The molecule has 3 atom stereocenters. The van der Waals surface area contributed by atoms with Crippen molar-refractivity contribution in [2.75, 3.05) is 26.7 Å². The fraction of sp³-hybridized carbons (Fsp3) is 1.00. The molecule has 2 heteroatoms. The number of nitrogens with one attached hydrogen (secondary N) is 1. The van der Waals surface area contributed by atoms with Crippen molar-refractivity contribution < 1.29 is 0 Å². The molecule has 3 rings (SSSR count). The van der Waals surface area contributed by atoms with E-state index >= 15 is 0 Å². The lowest BCUT2D eigenvalue weighted by Gasteiger charge is -2.46. The summed E-state index contributed by atoms with van der Waals surface area (Å²) in [5.74, 6) is 3.10. The van der Waals surface area contributed by atoms with Gasteiger partial charge in [0.25, 0.3) is 0 Å². The first-order valence-corrected chi connectivity index (χ1v) is 8.25. The van der Waals surface area contributed by atoms with E-state index < -0.39 is 0 Å². The van der Waals surface area contributed by atoms with Crippen LogP contribution in [0.4, 0.5) is 0 Å². The Morgan fingerprint density at radius 1 is 1.06 bits per heavy atom. The summed E-state index contributed by atoms with van der Waals surface area (Å²) in [6.07, 6.45) is 11.8. The molecule has 0 bridgehead atoms. The third-order valence-electron chi connectivity index (χ3n) is 5.76. The van der Waals surface area contributed by atoms with Crippen molar-refractivity contribution in [1.29, 1.82) is 0 Å². The van der Waals surface area contributed by atoms with Crippen LogP contribution in [0.5, 0.6) is 0 Å². The molecule has 1 saturated heterocycles. The maximum Gasteiger partial charge on any atom is 0.00980 e. The van der Waals surface area contributed by atoms with Gasteiger partial charge in [0, 0.05) is 12.6 Å². The highest BCUT2D eigenvalue weighted by Gasteiger charge is 2.38.